The van der Waals surface area contributed by atoms with Gasteiger partial charge in [-0.2, -0.15) is 0 Å². The van der Waals surface area contributed by atoms with E-state index < -0.39 is 49.3 Å². The van der Waals surface area contributed by atoms with Gasteiger partial charge >= 0.3 is 5.97 Å². The number of benzene rings is 2. The van der Waals surface area contributed by atoms with E-state index in [-0.39, 0.29) is 36.9 Å². The highest BCUT2D eigenvalue weighted by Crippen LogP contribution is 2.44. The molecular weight excluding hydrogens is 1060 g/mol. The number of halogens is 1. The lowest BCUT2D eigenvalue weighted by Gasteiger charge is -2.43. The Morgan fingerprint density at radius 1 is 1.00 bits per heavy atom. The molecule has 3 aliphatic rings. The average molecular weight is 1140 g/mol. The number of esters is 1. The van der Waals surface area contributed by atoms with Crippen LogP contribution in [0.5, 0.6) is 0 Å². The second-order valence-electron chi connectivity index (χ2n) is 23.2. The second-order valence-corrected chi connectivity index (χ2v) is 25.1. The van der Waals surface area contributed by atoms with Crippen molar-refractivity contribution in [3.8, 4) is 34.2 Å². The first-order chi connectivity index (χ1) is 35.2. The number of pyridine rings is 1. The zero-order chi connectivity index (χ0) is 55.0. The normalized spacial score (nSPS) is 22.6. The maximum atomic E-state index is 15.2. The number of hydrogen-bond donors (Lipinski definition) is 2. The van der Waals surface area contributed by atoms with Crippen LogP contribution in [0.3, 0.4) is 0 Å². The van der Waals surface area contributed by atoms with Gasteiger partial charge in [0.25, 0.3) is 11.8 Å². The third kappa shape index (κ3) is 11.7. The molecule has 2 N–H and O–H groups in total. The molecule has 404 valence electrons. The second kappa shape index (κ2) is 22.3. The number of rotatable bonds is 12. The van der Waals surface area contributed by atoms with Crippen LogP contribution in [0.4, 0.5) is 0 Å². The summed E-state index contributed by atoms with van der Waals surface area (Å²) in [6.07, 6.45) is 4.03. The third-order valence-corrected chi connectivity index (χ3v) is 17.6. The molecule has 4 aromatic rings. The van der Waals surface area contributed by atoms with Gasteiger partial charge in [-0.05, 0) is 162 Å². The molecule has 0 saturated carbocycles. The van der Waals surface area contributed by atoms with E-state index in [4.69, 9.17) is 14.5 Å². The largest absolute Gasteiger partial charge is 0.463 e. The molecule has 15 nitrogen and oxygen atoms in total. The first-order valence-electron chi connectivity index (χ1n) is 26.5. The fraction of sp³-hybridized carbons (Fsp3) is 0.559. The summed E-state index contributed by atoms with van der Waals surface area (Å²) < 4.78 is 13.2. The lowest BCUT2D eigenvalue weighted by Crippen LogP contribution is -2.67. The van der Waals surface area contributed by atoms with Crippen molar-refractivity contribution in [1.82, 2.24) is 40.0 Å². The van der Waals surface area contributed by atoms with Crippen LogP contribution in [0.1, 0.15) is 118 Å². The minimum absolute atomic E-state index is 0.111. The van der Waals surface area contributed by atoms with Gasteiger partial charge in [-0.3, -0.25) is 34.1 Å². The molecule has 4 amide bonds. The van der Waals surface area contributed by atoms with E-state index in [9.17, 15) is 14.4 Å². The van der Waals surface area contributed by atoms with Crippen molar-refractivity contribution in [2.75, 3.05) is 54.5 Å². The highest BCUT2D eigenvalue weighted by molar-refractivity contribution is 14.1. The molecule has 3 aliphatic heterocycles. The van der Waals surface area contributed by atoms with Crippen LogP contribution in [0.25, 0.3) is 33.3 Å². The number of fused-ring (bicyclic) bond motifs is 6. The van der Waals surface area contributed by atoms with Crippen molar-refractivity contribution in [1.29, 1.82) is 0 Å². The molecular formula is C59H79IN8O7. The molecule has 0 radical (unpaired) electrons. The van der Waals surface area contributed by atoms with Gasteiger partial charge in [0.2, 0.25) is 11.8 Å². The van der Waals surface area contributed by atoms with Crippen LogP contribution in [-0.4, -0.2) is 134 Å². The summed E-state index contributed by atoms with van der Waals surface area (Å²) in [7, 11) is 7.20. The number of likely N-dealkylation sites (tertiary alicyclic amines) is 1. The Bertz CT molecular complexity index is 2900. The van der Waals surface area contributed by atoms with Crippen molar-refractivity contribution in [2.45, 2.75) is 141 Å². The van der Waals surface area contributed by atoms with Crippen LogP contribution < -0.4 is 10.7 Å². The Morgan fingerprint density at radius 3 is 2.40 bits per heavy atom. The summed E-state index contributed by atoms with van der Waals surface area (Å²) in [5, 5.41) is 5.71. The van der Waals surface area contributed by atoms with Gasteiger partial charge in [0, 0.05) is 80.3 Å². The molecule has 2 aromatic heterocycles. The van der Waals surface area contributed by atoms with Crippen LogP contribution in [0.15, 0.2) is 60.8 Å². The first kappa shape index (κ1) is 57.4. The number of cyclic esters (lactones) is 1. The molecule has 0 aliphatic carbocycles. The minimum atomic E-state index is -1.36. The molecule has 2 aromatic carbocycles. The Labute approximate surface area is 458 Å². The number of hydrazine groups is 1. The van der Waals surface area contributed by atoms with Gasteiger partial charge < -0.3 is 29.2 Å². The van der Waals surface area contributed by atoms with Gasteiger partial charge in [0.05, 0.1) is 29.6 Å². The fourth-order valence-corrected chi connectivity index (χ4v) is 11.3. The average Bonchev–Trinajstić information content (AvgIpc) is 3.85. The maximum Gasteiger partial charge on any atom is 0.338 e. The van der Waals surface area contributed by atoms with Crippen LogP contribution in [0.2, 0.25) is 0 Å². The van der Waals surface area contributed by atoms with Crippen molar-refractivity contribution in [3.63, 3.8) is 0 Å². The molecule has 2 saturated heterocycles. The molecule has 5 atom stereocenters. The number of alkyl halides is 1. The van der Waals surface area contributed by atoms with Gasteiger partial charge in [-0.25, -0.2) is 10.2 Å². The van der Waals surface area contributed by atoms with Crippen LogP contribution in [-0.2, 0) is 52.8 Å². The number of nitrogens with one attached hydrogen (secondary N) is 2. The molecule has 0 unspecified atom stereocenters. The molecule has 16 heteroatoms. The third-order valence-electron chi connectivity index (χ3n) is 16.4. The van der Waals surface area contributed by atoms with E-state index in [1.807, 2.05) is 78.7 Å². The van der Waals surface area contributed by atoms with E-state index in [2.05, 4.69) is 107 Å². The van der Waals surface area contributed by atoms with E-state index >= 15 is 9.59 Å². The minimum Gasteiger partial charge on any atom is -0.463 e. The predicted octanol–water partition coefficient (Wildman–Crippen LogP) is 8.35. The molecule has 0 spiro atoms. The number of ether oxygens (including phenoxy) is 2. The summed E-state index contributed by atoms with van der Waals surface area (Å²) in [6, 6.07) is 17.6. The zero-order valence-corrected chi connectivity index (χ0v) is 48.9. The van der Waals surface area contributed by atoms with Crippen molar-refractivity contribution < 1.29 is 33.4 Å². The predicted molar refractivity (Wildman–Crippen MR) is 302 cm³/mol. The monoisotopic (exact) mass is 1140 g/mol. The number of aromatic nitrogens is 2. The number of nitrogens with zero attached hydrogens (tertiary/aromatic N) is 6. The smallest absolute Gasteiger partial charge is 0.338 e. The number of methoxy groups -OCH3 is 1. The first-order valence-corrected chi connectivity index (χ1v) is 27.5. The van der Waals surface area contributed by atoms with E-state index in [1.54, 1.807) is 37.1 Å². The van der Waals surface area contributed by atoms with E-state index in [1.165, 1.54) is 5.01 Å². The van der Waals surface area contributed by atoms with Gasteiger partial charge in [0.1, 0.15) is 11.6 Å². The quantitative estimate of drug-likeness (QED) is 0.0465. The van der Waals surface area contributed by atoms with Crippen molar-refractivity contribution >= 4 is 63.1 Å². The summed E-state index contributed by atoms with van der Waals surface area (Å²) in [4.78, 5) is 82.5. The summed E-state index contributed by atoms with van der Waals surface area (Å²) in [5.74, 6) is 3.62. The number of hydrogen-bond acceptors (Lipinski definition) is 10. The number of carbonyl (C=O) groups excluding carboxylic acids is 5. The Morgan fingerprint density at radius 2 is 1.72 bits per heavy atom. The standard InChI is InChI=1S/C59H79IN8O7/c1-15-66-47-23-22-42-35-44(47)45(50(66)43-21-17-29-61-49(43)39(4)74-14)36-55(5,6)37-75-54(73)59(60)25-18-30-68(63-59)51(70)46(34-40-19-16-20-41(42)33-40)62-52(71)58(10,38(2)3)67-32-28-57(9,53(67)72)27-31-65(13)48(69)24-26-56(7,8)64(11)12/h16-17,19-23,29,33,35,38-39,46,63H,15,18,25,27-28,30-32,34,36-37H2,1-14H3,(H,62,71)/t39-,46-,57+,58+,59+/m0/s1. The zero-order valence-electron chi connectivity index (χ0n) is 46.7. The lowest BCUT2D eigenvalue weighted by atomic mass is 9.82. The fourth-order valence-electron chi connectivity index (χ4n) is 10.5. The number of carbonyl (C=O) groups is 5. The summed E-state index contributed by atoms with van der Waals surface area (Å²) in [6.45, 7) is 21.5. The van der Waals surface area contributed by atoms with E-state index in [0.29, 0.717) is 58.3 Å². The van der Waals surface area contributed by atoms with Crippen LogP contribution in [0, 0.1) is 28.6 Å². The highest BCUT2D eigenvalue weighted by atomic mass is 127. The van der Waals surface area contributed by atoms with Gasteiger partial charge in [0.15, 0.2) is 3.55 Å². The van der Waals surface area contributed by atoms with Crippen molar-refractivity contribution in [2.24, 2.45) is 16.7 Å². The number of amides is 4. The lowest BCUT2D eigenvalue weighted by molar-refractivity contribution is -0.157. The topological polar surface area (TPSA) is 159 Å². The van der Waals surface area contributed by atoms with E-state index in [0.717, 1.165) is 50.1 Å². The summed E-state index contributed by atoms with van der Waals surface area (Å²) >= 11 is 2.08. The SMILES string of the molecule is CCn1c(-c2cccnc2[C@H](C)OC)c2c3cc(ccc31)-c1cccc(c1)C[C@H](NC(=O)[C@@](C)(C(C)C)N1CC[C@@](C)(CCN(C)C(=O)C#CC(C)(C)N(C)C)C1=O)C(=O)N1CCC[C@@](I)(N1)C(=O)OCC(C)(C)C2. The van der Waals surface area contributed by atoms with Crippen LogP contribution >= 0.6 is 22.6 Å². The molecule has 6 bridgehead atoms. The molecule has 75 heavy (non-hydrogen) atoms. The highest BCUT2D eigenvalue weighted by Gasteiger charge is 2.54. The summed E-state index contributed by atoms with van der Waals surface area (Å²) in [5.41, 5.74) is 7.80. The molecule has 7 rings (SSSR count). The maximum absolute atomic E-state index is 15.2. The van der Waals surface area contributed by atoms with Gasteiger partial charge in [-0.1, -0.05) is 70.9 Å². The van der Waals surface area contributed by atoms with Gasteiger partial charge in [-0.15, -0.1) is 0 Å². The Kier molecular flexibility index (Phi) is 17.1. The Balaban J connectivity index is 1.25. The number of aryl methyl sites for hydroxylation is 1. The molecule has 5 heterocycles. The van der Waals surface area contributed by atoms with Crippen molar-refractivity contribution in [3.05, 3.63) is 77.6 Å². The Hall–Kier alpha value is -5.35. The molecule has 2 fully saturated rings.